The summed E-state index contributed by atoms with van der Waals surface area (Å²) in [5.41, 5.74) is 8.27. The van der Waals surface area contributed by atoms with Crippen molar-refractivity contribution in [3.8, 4) is 0 Å². The van der Waals surface area contributed by atoms with Gasteiger partial charge in [0.2, 0.25) is 0 Å². The third-order valence-electron chi connectivity index (χ3n) is 3.07. The molecule has 110 valence electrons. The number of amidine groups is 1. The van der Waals surface area contributed by atoms with Gasteiger partial charge in [0, 0.05) is 25.4 Å². The fourth-order valence-electron chi connectivity index (χ4n) is 1.95. The van der Waals surface area contributed by atoms with E-state index in [1.807, 2.05) is 12.1 Å². The number of hydrogen-bond donors (Lipinski definition) is 3. The van der Waals surface area contributed by atoms with Crippen LogP contribution in [0.25, 0.3) is 0 Å². The van der Waals surface area contributed by atoms with Gasteiger partial charge in [-0.3, -0.25) is 9.48 Å². The van der Waals surface area contributed by atoms with Crippen LogP contribution in [0.1, 0.15) is 27.2 Å². The molecule has 0 aliphatic rings. The van der Waals surface area contributed by atoms with Gasteiger partial charge in [0.25, 0.3) is 5.91 Å². The number of nitrogens with zero attached hydrogens (tertiary/aromatic N) is 3. The van der Waals surface area contributed by atoms with Crippen molar-refractivity contribution in [2.45, 2.75) is 13.5 Å². The molecule has 4 N–H and O–H groups in total. The van der Waals surface area contributed by atoms with Crippen LogP contribution < -0.4 is 11.1 Å². The van der Waals surface area contributed by atoms with Crippen molar-refractivity contribution in [2.24, 2.45) is 17.9 Å². The summed E-state index contributed by atoms with van der Waals surface area (Å²) in [5.74, 6) is -0.113. The fraction of sp³-hybridized carbons (Fsp3) is 0.214. The fourth-order valence-corrected chi connectivity index (χ4v) is 1.95. The van der Waals surface area contributed by atoms with E-state index >= 15 is 0 Å². The summed E-state index contributed by atoms with van der Waals surface area (Å²) in [4.78, 5) is 12.0. The molecule has 0 fully saturated rings. The first kappa shape index (κ1) is 14.6. The monoisotopic (exact) mass is 287 g/mol. The zero-order valence-corrected chi connectivity index (χ0v) is 11.9. The topological polar surface area (TPSA) is 106 Å². The van der Waals surface area contributed by atoms with Gasteiger partial charge >= 0.3 is 0 Å². The highest BCUT2D eigenvalue weighted by Gasteiger charge is 2.11. The van der Waals surface area contributed by atoms with Gasteiger partial charge in [0.15, 0.2) is 5.84 Å². The Bertz CT molecular complexity index is 673. The predicted octanol–water partition coefficient (Wildman–Crippen LogP) is 0.753. The van der Waals surface area contributed by atoms with Crippen molar-refractivity contribution in [1.29, 1.82) is 0 Å². The molecule has 1 aromatic carbocycles. The van der Waals surface area contributed by atoms with Crippen LogP contribution in [-0.2, 0) is 13.6 Å². The van der Waals surface area contributed by atoms with E-state index in [4.69, 9.17) is 10.9 Å². The van der Waals surface area contributed by atoms with Gasteiger partial charge in [-0.25, -0.2) is 0 Å². The average Bonchev–Trinajstić information content (AvgIpc) is 2.83. The Kier molecular flexibility index (Phi) is 4.22. The van der Waals surface area contributed by atoms with E-state index in [2.05, 4.69) is 15.6 Å². The molecule has 0 bridgehead atoms. The average molecular weight is 287 g/mol. The van der Waals surface area contributed by atoms with Crippen molar-refractivity contribution in [1.82, 2.24) is 15.1 Å². The molecule has 21 heavy (non-hydrogen) atoms. The zero-order chi connectivity index (χ0) is 15.4. The highest BCUT2D eigenvalue weighted by molar-refractivity contribution is 5.97. The Balaban J connectivity index is 2.00. The number of benzene rings is 1. The second-order valence-electron chi connectivity index (χ2n) is 4.67. The molecule has 7 heteroatoms. The molecular formula is C14H17N5O2. The lowest BCUT2D eigenvalue weighted by Crippen LogP contribution is -2.23. The summed E-state index contributed by atoms with van der Waals surface area (Å²) in [5, 5.41) is 18.5. The van der Waals surface area contributed by atoms with Gasteiger partial charge in [0.05, 0.1) is 11.3 Å². The number of oxime groups is 1. The molecule has 0 atom stereocenters. The number of nitrogens with one attached hydrogen (secondary N) is 1. The third-order valence-corrected chi connectivity index (χ3v) is 3.07. The quantitative estimate of drug-likeness (QED) is 0.334. The van der Waals surface area contributed by atoms with E-state index in [0.29, 0.717) is 23.4 Å². The van der Waals surface area contributed by atoms with E-state index in [1.54, 1.807) is 37.0 Å². The molecule has 1 aromatic heterocycles. The minimum absolute atomic E-state index is 0.0524. The molecule has 2 rings (SSSR count). The van der Waals surface area contributed by atoms with Crippen LogP contribution in [0, 0.1) is 6.92 Å². The Morgan fingerprint density at radius 2 is 2.10 bits per heavy atom. The van der Waals surface area contributed by atoms with Gasteiger partial charge in [0.1, 0.15) is 0 Å². The van der Waals surface area contributed by atoms with E-state index in [9.17, 15) is 4.79 Å². The smallest absolute Gasteiger partial charge is 0.255 e. The Morgan fingerprint density at radius 3 is 2.62 bits per heavy atom. The molecule has 1 amide bonds. The summed E-state index contributed by atoms with van der Waals surface area (Å²) in [6.45, 7) is 2.18. The van der Waals surface area contributed by atoms with Crippen LogP contribution in [0.4, 0.5) is 0 Å². The van der Waals surface area contributed by atoms with Crippen LogP contribution in [0.5, 0.6) is 0 Å². The van der Waals surface area contributed by atoms with Crippen molar-refractivity contribution in [3.05, 3.63) is 52.8 Å². The standard InChI is InChI=1S/C14H17N5O2/c1-9-12(8-19(2)17-9)14(20)16-7-10-3-5-11(6-4-10)13(15)18-21/h3-6,8,21H,7H2,1-2H3,(H2,15,18)(H,16,20). The van der Waals surface area contributed by atoms with Crippen molar-refractivity contribution < 1.29 is 10.0 Å². The molecule has 0 saturated heterocycles. The van der Waals surface area contributed by atoms with E-state index in [1.165, 1.54) is 0 Å². The predicted molar refractivity (Wildman–Crippen MR) is 78.1 cm³/mol. The molecule has 7 nitrogen and oxygen atoms in total. The Labute approximate surface area is 122 Å². The first-order chi connectivity index (χ1) is 10.0. The van der Waals surface area contributed by atoms with Crippen molar-refractivity contribution in [2.75, 3.05) is 0 Å². The lowest BCUT2D eigenvalue weighted by atomic mass is 10.1. The number of aromatic nitrogens is 2. The van der Waals surface area contributed by atoms with Crippen LogP contribution in [0.3, 0.4) is 0 Å². The molecule has 2 aromatic rings. The maximum absolute atomic E-state index is 12.0. The number of carbonyl (C=O) groups excluding carboxylic acids is 1. The SMILES string of the molecule is Cc1nn(C)cc1C(=O)NCc1ccc(/C(N)=N/O)cc1. The maximum atomic E-state index is 12.0. The highest BCUT2D eigenvalue weighted by atomic mass is 16.4. The minimum atomic E-state index is -0.166. The van der Waals surface area contributed by atoms with Crippen LogP contribution in [0.2, 0.25) is 0 Å². The normalized spacial score (nSPS) is 11.4. The van der Waals surface area contributed by atoms with E-state index in [0.717, 1.165) is 5.56 Å². The van der Waals surface area contributed by atoms with Crippen LogP contribution >= 0.6 is 0 Å². The van der Waals surface area contributed by atoms with Gasteiger partial charge in [-0.05, 0) is 12.5 Å². The molecule has 1 heterocycles. The summed E-state index contributed by atoms with van der Waals surface area (Å²) in [6, 6.07) is 7.07. The van der Waals surface area contributed by atoms with Gasteiger partial charge in [-0.1, -0.05) is 29.4 Å². The van der Waals surface area contributed by atoms with Gasteiger partial charge < -0.3 is 16.3 Å². The Hall–Kier alpha value is -2.83. The summed E-state index contributed by atoms with van der Waals surface area (Å²) in [7, 11) is 1.77. The van der Waals surface area contributed by atoms with Crippen LogP contribution in [-0.4, -0.2) is 26.7 Å². The molecule has 0 aliphatic heterocycles. The number of aryl methyl sites for hydroxylation is 2. The summed E-state index contributed by atoms with van der Waals surface area (Å²) >= 11 is 0. The van der Waals surface area contributed by atoms with Gasteiger partial charge in [-0.15, -0.1) is 0 Å². The van der Waals surface area contributed by atoms with Crippen molar-refractivity contribution >= 4 is 11.7 Å². The molecule has 0 aliphatic carbocycles. The number of hydrogen-bond acceptors (Lipinski definition) is 4. The lowest BCUT2D eigenvalue weighted by molar-refractivity contribution is 0.0950. The first-order valence-electron chi connectivity index (χ1n) is 6.36. The summed E-state index contributed by atoms with van der Waals surface area (Å²) < 4.78 is 1.61. The second kappa shape index (κ2) is 6.08. The summed E-state index contributed by atoms with van der Waals surface area (Å²) in [6.07, 6.45) is 1.69. The molecule has 0 radical (unpaired) electrons. The van der Waals surface area contributed by atoms with E-state index < -0.39 is 0 Å². The first-order valence-corrected chi connectivity index (χ1v) is 6.36. The number of nitrogens with two attached hydrogens (primary N) is 1. The largest absolute Gasteiger partial charge is 0.409 e. The molecule has 0 unspecified atom stereocenters. The zero-order valence-electron chi connectivity index (χ0n) is 11.9. The number of carbonyl (C=O) groups is 1. The maximum Gasteiger partial charge on any atom is 0.255 e. The van der Waals surface area contributed by atoms with Crippen molar-refractivity contribution in [3.63, 3.8) is 0 Å². The second-order valence-corrected chi connectivity index (χ2v) is 4.67. The molecule has 0 saturated carbocycles. The Morgan fingerprint density at radius 1 is 1.43 bits per heavy atom. The van der Waals surface area contributed by atoms with E-state index in [-0.39, 0.29) is 11.7 Å². The molecule has 0 spiro atoms. The molecular weight excluding hydrogens is 270 g/mol. The minimum Gasteiger partial charge on any atom is -0.409 e. The highest BCUT2D eigenvalue weighted by Crippen LogP contribution is 2.07. The third kappa shape index (κ3) is 3.38. The number of amides is 1. The lowest BCUT2D eigenvalue weighted by Gasteiger charge is -2.05. The van der Waals surface area contributed by atoms with Crippen LogP contribution in [0.15, 0.2) is 35.6 Å². The van der Waals surface area contributed by atoms with Gasteiger partial charge in [-0.2, -0.15) is 5.10 Å². The number of rotatable bonds is 4.